The second-order valence-electron chi connectivity index (χ2n) is 3.73. The number of benzene rings is 1. The maximum atomic E-state index is 9.88. The molecule has 1 heteroatoms. The van der Waals surface area contributed by atoms with Gasteiger partial charge in [-0.1, -0.05) is 30.7 Å². The molecule has 0 aliphatic carbocycles. The molecule has 0 heterocycles. The Morgan fingerprint density at radius 2 is 1.93 bits per heavy atom. The molecule has 1 N–H and O–H groups in total. The highest BCUT2D eigenvalue weighted by Gasteiger charge is 2.06. The highest BCUT2D eigenvalue weighted by atomic mass is 16.3. The van der Waals surface area contributed by atoms with Crippen molar-refractivity contribution in [3.05, 3.63) is 34.9 Å². The van der Waals surface area contributed by atoms with Crippen LogP contribution in [0, 0.1) is 6.92 Å². The Morgan fingerprint density at radius 3 is 2.50 bits per heavy atom. The van der Waals surface area contributed by atoms with Crippen LogP contribution < -0.4 is 0 Å². The van der Waals surface area contributed by atoms with Crippen LogP contribution in [0.1, 0.15) is 38.3 Å². The van der Waals surface area contributed by atoms with Crippen LogP contribution in [0.5, 0.6) is 5.75 Å². The minimum Gasteiger partial charge on any atom is -0.507 e. The molecule has 0 saturated heterocycles. The van der Waals surface area contributed by atoms with Crippen LogP contribution in [0.25, 0.3) is 5.57 Å². The van der Waals surface area contributed by atoms with Gasteiger partial charge in [0.15, 0.2) is 0 Å². The maximum absolute atomic E-state index is 9.88. The summed E-state index contributed by atoms with van der Waals surface area (Å²) in [6.45, 7) is 8.23. The van der Waals surface area contributed by atoms with E-state index in [2.05, 4.69) is 20.8 Å². The van der Waals surface area contributed by atoms with Crippen molar-refractivity contribution < 1.29 is 5.11 Å². The molecule has 14 heavy (non-hydrogen) atoms. The van der Waals surface area contributed by atoms with Crippen molar-refractivity contribution in [3.8, 4) is 5.75 Å². The molecule has 1 rings (SSSR count). The van der Waals surface area contributed by atoms with E-state index in [4.69, 9.17) is 0 Å². The fourth-order valence-corrected chi connectivity index (χ4v) is 1.46. The van der Waals surface area contributed by atoms with Gasteiger partial charge in [0.2, 0.25) is 0 Å². The minimum absolute atomic E-state index is 0.415. The number of aromatic hydroxyl groups is 1. The molecule has 0 fully saturated rings. The Balaban J connectivity index is 3.27. The number of aryl methyl sites for hydroxylation is 1. The van der Waals surface area contributed by atoms with Gasteiger partial charge in [-0.3, -0.25) is 0 Å². The van der Waals surface area contributed by atoms with Gasteiger partial charge in [0, 0.05) is 5.56 Å². The van der Waals surface area contributed by atoms with E-state index in [9.17, 15) is 5.11 Å². The van der Waals surface area contributed by atoms with Gasteiger partial charge in [-0.05, 0) is 38.3 Å². The van der Waals surface area contributed by atoms with Crippen LogP contribution in [0.15, 0.2) is 23.8 Å². The first kappa shape index (κ1) is 10.8. The molecule has 0 unspecified atom stereocenters. The minimum atomic E-state index is 0.415. The maximum Gasteiger partial charge on any atom is 0.125 e. The summed E-state index contributed by atoms with van der Waals surface area (Å²) in [4.78, 5) is 0. The van der Waals surface area contributed by atoms with E-state index in [1.165, 1.54) is 11.1 Å². The Labute approximate surface area is 86.1 Å². The molecule has 0 amide bonds. The molecule has 1 nitrogen and oxygen atoms in total. The van der Waals surface area contributed by atoms with Gasteiger partial charge in [0.25, 0.3) is 0 Å². The van der Waals surface area contributed by atoms with Crippen molar-refractivity contribution in [2.24, 2.45) is 0 Å². The Kier molecular flexibility index (Phi) is 3.34. The van der Waals surface area contributed by atoms with Gasteiger partial charge in [0.05, 0.1) is 0 Å². The van der Waals surface area contributed by atoms with Crippen LogP contribution in [0.2, 0.25) is 0 Å². The molecular weight excluding hydrogens is 172 g/mol. The molecule has 0 saturated carbocycles. The number of allylic oxidation sites excluding steroid dienone is 2. The van der Waals surface area contributed by atoms with Gasteiger partial charge in [0.1, 0.15) is 5.75 Å². The largest absolute Gasteiger partial charge is 0.507 e. The Morgan fingerprint density at radius 1 is 1.29 bits per heavy atom. The van der Waals surface area contributed by atoms with Gasteiger partial charge in [-0.15, -0.1) is 0 Å². The Hall–Kier alpha value is -1.24. The van der Waals surface area contributed by atoms with E-state index in [0.29, 0.717) is 5.75 Å². The number of hydrogen-bond acceptors (Lipinski definition) is 1. The zero-order chi connectivity index (χ0) is 10.7. The molecule has 0 bridgehead atoms. The summed E-state index contributed by atoms with van der Waals surface area (Å²) >= 11 is 0. The van der Waals surface area contributed by atoms with E-state index in [1.807, 2.05) is 25.1 Å². The van der Waals surface area contributed by atoms with Gasteiger partial charge < -0.3 is 5.11 Å². The smallest absolute Gasteiger partial charge is 0.125 e. The van der Waals surface area contributed by atoms with Crippen molar-refractivity contribution in [2.75, 3.05) is 0 Å². The molecular formula is C13H18O. The molecule has 0 atom stereocenters. The molecule has 0 aromatic heterocycles. The lowest BCUT2D eigenvalue weighted by Gasteiger charge is -2.10. The second kappa shape index (κ2) is 4.32. The summed E-state index contributed by atoms with van der Waals surface area (Å²) in [5.74, 6) is 0.415. The standard InChI is InChI=1S/C13H18O/c1-5-9(2)11(4)12-8-6-7-10(3)13(12)14/h6-8,14H,5H2,1-4H3. The van der Waals surface area contributed by atoms with Crippen LogP contribution in [-0.4, -0.2) is 5.11 Å². The summed E-state index contributed by atoms with van der Waals surface area (Å²) in [6.07, 6.45) is 1.03. The number of phenols is 1. The average molecular weight is 190 g/mol. The van der Waals surface area contributed by atoms with Crippen LogP contribution >= 0.6 is 0 Å². The molecule has 0 radical (unpaired) electrons. The predicted molar refractivity (Wildman–Crippen MR) is 61.4 cm³/mol. The van der Waals surface area contributed by atoms with Gasteiger partial charge in [-0.2, -0.15) is 0 Å². The number of phenolic OH excluding ortho intramolecular Hbond substituents is 1. The summed E-state index contributed by atoms with van der Waals surface area (Å²) in [5, 5.41) is 9.88. The van der Waals surface area contributed by atoms with E-state index in [0.717, 1.165) is 17.5 Å². The fraction of sp³-hybridized carbons (Fsp3) is 0.385. The highest BCUT2D eigenvalue weighted by Crippen LogP contribution is 2.30. The van der Waals surface area contributed by atoms with Crippen molar-refractivity contribution in [2.45, 2.75) is 34.1 Å². The van der Waals surface area contributed by atoms with Crippen molar-refractivity contribution in [1.29, 1.82) is 0 Å². The SMILES string of the molecule is CCC(C)=C(C)c1cccc(C)c1O. The molecule has 0 aliphatic rings. The Bertz CT molecular complexity index is 361. The monoisotopic (exact) mass is 190 g/mol. The van der Waals surface area contributed by atoms with Crippen molar-refractivity contribution >= 4 is 5.57 Å². The third kappa shape index (κ3) is 1.98. The van der Waals surface area contributed by atoms with E-state index >= 15 is 0 Å². The van der Waals surface area contributed by atoms with Crippen LogP contribution in [0.4, 0.5) is 0 Å². The first-order valence-corrected chi connectivity index (χ1v) is 5.03. The van der Waals surface area contributed by atoms with Crippen LogP contribution in [0.3, 0.4) is 0 Å². The predicted octanol–water partition coefficient (Wildman–Crippen LogP) is 3.90. The van der Waals surface area contributed by atoms with Gasteiger partial charge in [-0.25, -0.2) is 0 Å². The summed E-state index contributed by atoms with van der Waals surface area (Å²) in [6, 6.07) is 5.88. The quantitative estimate of drug-likeness (QED) is 0.749. The molecule has 76 valence electrons. The highest BCUT2D eigenvalue weighted by molar-refractivity contribution is 5.72. The van der Waals surface area contributed by atoms with Gasteiger partial charge >= 0.3 is 0 Å². The first-order valence-electron chi connectivity index (χ1n) is 5.03. The fourth-order valence-electron chi connectivity index (χ4n) is 1.46. The van der Waals surface area contributed by atoms with E-state index in [1.54, 1.807) is 0 Å². The lowest BCUT2D eigenvalue weighted by Crippen LogP contribution is -1.87. The third-order valence-electron chi connectivity index (χ3n) is 2.81. The average Bonchev–Trinajstić information content (AvgIpc) is 2.20. The molecule has 0 spiro atoms. The normalized spacial score (nSPS) is 12.6. The zero-order valence-electron chi connectivity index (χ0n) is 9.39. The number of para-hydroxylation sites is 1. The lowest BCUT2D eigenvalue weighted by molar-refractivity contribution is 0.469. The van der Waals surface area contributed by atoms with Crippen LogP contribution in [-0.2, 0) is 0 Å². The molecule has 1 aromatic rings. The number of hydrogen-bond donors (Lipinski definition) is 1. The topological polar surface area (TPSA) is 20.2 Å². The lowest BCUT2D eigenvalue weighted by atomic mass is 9.98. The van der Waals surface area contributed by atoms with Crippen molar-refractivity contribution in [1.82, 2.24) is 0 Å². The summed E-state index contributed by atoms with van der Waals surface area (Å²) in [5.41, 5.74) is 4.41. The number of rotatable bonds is 2. The van der Waals surface area contributed by atoms with E-state index in [-0.39, 0.29) is 0 Å². The first-order chi connectivity index (χ1) is 6.57. The molecule has 1 aromatic carbocycles. The second-order valence-corrected chi connectivity index (χ2v) is 3.73. The van der Waals surface area contributed by atoms with Crippen molar-refractivity contribution in [3.63, 3.8) is 0 Å². The summed E-state index contributed by atoms with van der Waals surface area (Å²) < 4.78 is 0. The zero-order valence-corrected chi connectivity index (χ0v) is 9.39. The molecule has 0 aliphatic heterocycles. The summed E-state index contributed by atoms with van der Waals surface area (Å²) in [7, 11) is 0. The third-order valence-corrected chi connectivity index (χ3v) is 2.81. The van der Waals surface area contributed by atoms with E-state index < -0.39 is 0 Å².